The van der Waals surface area contributed by atoms with E-state index in [0.29, 0.717) is 36.7 Å². The van der Waals surface area contributed by atoms with E-state index in [2.05, 4.69) is 24.0 Å². The quantitative estimate of drug-likeness (QED) is 0.283. The zero-order chi connectivity index (χ0) is 29.6. The number of unbranched alkanes of at least 4 members (excludes halogenated alkanes) is 1. The summed E-state index contributed by atoms with van der Waals surface area (Å²) in [6.07, 6.45) is 5.47. The molecule has 1 aliphatic rings. The summed E-state index contributed by atoms with van der Waals surface area (Å²) in [7, 11) is 0. The van der Waals surface area contributed by atoms with Crippen molar-refractivity contribution >= 4 is 5.91 Å². The van der Waals surface area contributed by atoms with Crippen molar-refractivity contribution in [3.8, 4) is 22.5 Å². The number of carbonyl (C=O) groups excluding carboxylic acids is 1. The van der Waals surface area contributed by atoms with Crippen LogP contribution in [0.3, 0.4) is 0 Å². The molecule has 4 aromatic rings. The highest BCUT2D eigenvalue weighted by molar-refractivity contribution is 5.80. The third-order valence-electron chi connectivity index (χ3n) is 8.26. The third kappa shape index (κ3) is 6.61. The molecule has 0 spiro atoms. The number of aromatic amines is 1. The SMILES string of the molecule is CCCCc1nc(C)c(CCC(=O)N2CCC(C)CC2)c(=O)n1Cc1ccc(-c2ccccc2-c2noc(=O)[nH]2)cc1. The first-order chi connectivity index (χ1) is 20.3. The molecule has 9 heteroatoms. The van der Waals surface area contributed by atoms with Crippen LogP contribution in [0.25, 0.3) is 22.5 Å². The molecule has 1 amide bonds. The lowest BCUT2D eigenvalue weighted by Gasteiger charge is -2.30. The zero-order valence-corrected chi connectivity index (χ0v) is 24.7. The van der Waals surface area contributed by atoms with E-state index in [0.717, 1.165) is 79.0 Å². The summed E-state index contributed by atoms with van der Waals surface area (Å²) < 4.78 is 6.49. The van der Waals surface area contributed by atoms with E-state index in [1.165, 1.54) is 0 Å². The molecule has 1 saturated heterocycles. The number of aryl methyl sites for hydroxylation is 2. The number of rotatable bonds is 10. The molecule has 2 aromatic carbocycles. The van der Waals surface area contributed by atoms with Gasteiger partial charge in [0.2, 0.25) is 5.91 Å². The lowest BCUT2D eigenvalue weighted by Crippen LogP contribution is -2.38. The first-order valence-corrected chi connectivity index (χ1v) is 15.0. The molecule has 3 heterocycles. The molecule has 0 atom stereocenters. The maximum atomic E-state index is 13.9. The average Bonchev–Trinajstić information content (AvgIpc) is 3.44. The Kier molecular flexibility index (Phi) is 9.15. The Hall–Kier alpha value is -4.27. The van der Waals surface area contributed by atoms with Crippen LogP contribution in [0.15, 0.2) is 62.6 Å². The van der Waals surface area contributed by atoms with Gasteiger partial charge in [0, 0.05) is 42.8 Å². The van der Waals surface area contributed by atoms with Gasteiger partial charge in [-0.15, -0.1) is 0 Å². The van der Waals surface area contributed by atoms with E-state index in [4.69, 9.17) is 9.51 Å². The zero-order valence-electron chi connectivity index (χ0n) is 24.7. The predicted molar refractivity (Wildman–Crippen MR) is 162 cm³/mol. The van der Waals surface area contributed by atoms with Crippen LogP contribution in [-0.4, -0.2) is 43.6 Å². The Morgan fingerprint density at radius 1 is 1.02 bits per heavy atom. The van der Waals surface area contributed by atoms with E-state index < -0.39 is 5.76 Å². The molecule has 1 aliphatic heterocycles. The Balaban J connectivity index is 1.38. The smallest absolute Gasteiger partial charge is 0.343 e. The first-order valence-electron chi connectivity index (χ1n) is 15.0. The van der Waals surface area contributed by atoms with E-state index in [9.17, 15) is 14.4 Å². The van der Waals surface area contributed by atoms with Gasteiger partial charge in [-0.1, -0.05) is 74.0 Å². The van der Waals surface area contributed by atoms with Crippen molar-refractivity contribution in [3.63, 3.8) is 0 Å². The molecule has 0 bridgehead atoms. The first kappa shape index (κ1) is 29.2. The number of likely N-dealkylation sites (tertiary alicyclic amines) is 1. The summed E-state index contributed by atoms with van der Waals surface area (Å²) in [5.41, 5.74) is 4.88. The number of hydrogen-bond acceptors (Lipinski definition) is 6. The van der Waals surface area contributed by atoms with Gasteiger partial charge in [0.25, 0.3) is 5.56 Å². The van der Waals surface area contributed by atoms with Crippen LogP contribution in [0.5, 0.6) is 0 Å². The van der Waals surface area contributed by atoms with Gasteiger partial charge in [-0.3, -0.25) is 23.7 Å². The van der Waals surface area contributed by atoms with Crippen LogP contribution in [0, 0.1) is 12.8 Å². The Bertz CT molecular complexity index is 1640. The number of nitrogens with zero attached hydrogens (tertiary/aromatic N) is 4. The maximum Gasteiger partial charge on any atom is 0.439 e. The van der Waals surface area contributed by atoms with Gasteiger partial charge in [-0.05, 0) is 55.2 Å². The van der Waals surface area contributed by atoms with Crippen LogP contribution in [0.4, 0.5) is 0 Å². The van der Waals surface area contributed by atoms with Crippen molar-refractivity contribution in [2.24, 2.45) is 5.92 Å². The third-order valence-corrected chi connectivity index (χ3v) is 8.26. The topological polar surface area (TPSA) is 114 Å². The molecule has 220 valence electrons. The molecule has 0 radical (unpaired) electrons. The van der Waals surface area contributed by atoms with Crippen molar-refractivity contribution in [3.05, 3.63) is 92.1 Å². The van der Waals surface area contributed by atoms with Gasteiger partial charge in [-0.25, -0.2) is 9.78 Å². The van der Waals surface area contributed by atoms with Crippen LogP contribution >= 0.6 is 0 Å². The minimum atomic E-state index is -0.601. The Labute approximate surface area is 245 Å². The van der Waals surface area contributed by atoms with E-state index in [-0.39, 0.29) is 11.5 Å². The van der Waals surface area contributed by atoms with Crippen molar-refractivity contribution in [2.75, 3.05) is 13.1 Å². The molecule has 2 aromatic heterocycles. The summed E-state index contributed by atoms with van der Waals surface area (Å²) in [5.74, 6) is 1.33. The van der Waals surface area contributed by atoms with Crippen molar-refractivity contribution in [1.29, 1.82) is 0 Å². The minimum absolute atomic E-state index is 0.0573. The number of hydrogen-bond donors (Lipinski definition) is 1. The molecule has 0 saturated carbocycles. The van der Waals surface area contributed by atoms with Crippen molar-refractivity contribution < 1.29 is 9.32 Å². The lowest BCUT2D eigenvalue weighted by atomic mass is 9.98. The molecular formula is C33H39N5O4. The Morgan fingerprint density at radius 3 is 2.40 bits per heavy atom. The van der Waals surface area contributed by atoms with Crippen LogP contribution < -0.4 is 11.3 Å². The van der Waals surface area contributed by atoms with Gasteiger partial charge in [0.15, 0.2) is 5.82 Å². The number of H-pyrrole nitrogens is 1. The van der Waals surface area contributed by atoms with E-state index in [1.807, 2.05) is 60.4 Å². The number of carbonyl (C=O) groups is 1. The molecule has 42 heavy (non-hydrogen) atoms. The largest absolute Gasteiger partial charge is 0.439 e. The van der Waals surface area contributed by atoms with E-state index in [1.54, 1.807) is 4.57 Å². The Morgan fingerprint density at radius 2 is 1.74 bits per heavy atom. The molecule has 5 rings (SSSR count). The summed E-state index contributed by atoms with van der Waals surface area (Å²) in [4.78, 5) is 47.7. The second-order valence-corrected chi connectivity index (χ2v) is 11.3. The van der Waals surface area contributed by atoms with Crippen LogP contribution in [0.2, 0.25) is 0 Å². The highest BCUT2D eigenvalue weighted by atomic mass is 16.5. The standard InChI is InChI=1S/C33H39N5O4/c1-4-5-10-29-34-23(3)26(15-16-30(39)37-19-17-22(2)18-20-37)32(40)38(29)21-24-11-13-25(14-12-24)27-8-6-7-9-28(27)31-35-33(41)42-36-31/h6-9,11-14,22H,4-5,10,15-21H2,1-3H3,(H,35,36,41). The number of amides is 1. The van der Waals surface area contributed by atoms with Gasteiger partial charge in [0.05, 0.1) is 6.54 Å². The fourth-order valence-electron chi connectivity index (χ4n) is 5.64. The molecule has 9 nitrogen and oxygen atoms in total. The fraction of sp³-hybridized carbons (Fsp3) is 0.424. The molecular weight excluding hydrogens is 530 g/mol. The monoisotopic (exact) mass is 569 g/mol. The van der Waals surface area contributed by atoms with Crippen LogP contribution in [-0.2, 0) is 24.2 Å². The summed E-state index contributed by atoms with van der Waals surface area (Å²) in [6.45, 7) is 8.24. The predicted octanol–water partition coefficient (Wildman–Crippen LogP) is 5.14. The van der Waals surface area contributed by atoms with E-state index >= 15 is 0 Å². The molecule has 0 unspecified atom stereocenters. The number of piperidine rings is 1. The highest BCUT2D eigenvalue weighted by Crippen LogP contribution is 2.30. The van der Waals surface area contributed by atoms with Gasteiger partial charge < -0.3 is 4.90 Å². The van der Waals surface area contributed by atoms with Gasteiger partial charge >= 0.3 is 5.76 Å². The van der Waals surface area contributed by atoms with Crippen molar-refractivity contribution in [1.82, 2.24) is 24.6 Å². The molecule has 1 N–H and O–H groups in total. The van der Waals surface area contributed by atoms with Crippen molar-refractivity contribution in [2.45, 2.75) is 72.3 Å². The lowest BCUT2D eigenvalue weighted by molar-refractivity contribution is -0.132. The van der Waals surface area contributed by atoms with Gasteiger partial charge in [0.1, 0.15) is 5.82 Å². The molecule has 1 fully saturated rings. The maximum absolute atomic E-state index is 13.9. The second kappa shape index (κ2) is 13.1. The number of nitrogens with one attached hydrogen (secondary N) is 1. The van der Waals surface area contributed by atoms with Gasteiger partial charge in [-0.2, -0.15) is 0 Å². The highest BCUT2D eigenvalue weighted by Gasteiger charge is 2.22. The normalized spacial score (nSPS) is 13.9. The number of aromatic nitrogens is 4. The van der Waals surface area contributed by atoms with Crippen LogP contribution in [0.1, 0.15) is 68.6 Å². The summed E-state index contributed by atoms with van der Waals surface area (Å²) in [5, 5.41) is 3.85. The minimum Gasteiger partial charge on any atom is -0.343 e. The average molecular weight is 570 g/mol. The second-order valence-electron chi connectivity index (χ2n) is 11.3. The summed E-state index contributed by atoms with van der Waals surface area (Å²) >= 11 is 0. The fourth-order valence-corrected chi connectivity index (χ4v) is 5.64. The molecule has 0 aliphatic carbocycles. The number of benzene rings is 2. The summed E-state index contributed by atoms with van der Waals surface area (Å²) in [6, 6.07) is 15.7.